The van der Waals surface area contributed by atoms with Crippen LogP contribution in [0.25, 0.3) is 21.9 Å². The van der Waals surface area contributed by atoms with E-state index >= 15 is 0 Å². The Bertz CT molecular complexity index is 1180. The van der Waals surface area contributed by atoms with Crippen molar-refractivity contribution in [1.29, 1.82) is 0 Å². The second-order valence-corrected chi connectivity index (χ2v) is 7.63. The normalized spacial score (nSPS) is 10.7. The first-order valence-corrected chi connectivity index (χ1v) is 10.8. The first kappa shape index (κ1) is 20.2. The Hall–Kier alpha value is -3.11. The summed E-state index contributed by atoms with van der Waals surface area (Å²) in [5.41, 5.74) is 3.15. The van der Waals surface area contributed by atoms with Crippen LogP contribution >= 0.6 is 15.9 Å². The van der Waals surface area contributed by atoms with Crippen LogP contribution in [0.4, 0.5) is 0 Å². The van der Waals surface area contributed by atoms with Gasteiger partial charge in [0.1, 0.15) is 11.5 Å². The second-order valence-electron chi connectivity index (χ2n) is 6.83. The Balaban J connectivity index is 1.84. The van der Waals surface area contributed by atoms with E-state index in [1.165, 1.54) is 0 Å². The molecule has 0 aromatic heterocycles. The number of carbonyl (C=O) groups excluding carboxylic acids is 1. The molecule has 0 saturated heterocycles. The molecule has 0 heterocycles. The van der Waals surface area contributed by atoms with Gasteiger partial charge in [0.25, 0.3) is 0 Å². The fraction of sp³-hybridized carbons (Fsp3) is 0.115. The Morgan fingerprint density at radius 1 is 0.867 bits per heavy atom. The zero-order valence-electron chi connectivity index (χ0n) is 16.6. The van der Waals surface area contributed by atoms with Crippen molar-refractivity contribution in [3.63, 3.8) is 0 Å². The monoisotopic (exact) mass is 460 g/mol. The number of ether oxygens (including phenoxy) is 2. The van der Waals surface area contributed by atoms with E-state index in [9.17, 15) is 4.79 Å². The lowest BCUT2D eigenvalue weighted by atomic mass is 9.89. The van der Waals surface area contributed by atoms with Crippen molar-refractivity contribution >= 4 is 32.5 Å². The number of hydrogen-bond acceptors (Lipinski definition) is 3. The van der Waals surface area contributed by atoms with Gasteiger partial charge in [-0.25, -0.2) is 0 Å². The van der Waals surface area contributed by atoms with Crippen molar-refractivity contribution in [1.82, 2.24) is 0 Å². The molecule has 0 aliphatic heterocycles. The summed E-state index contributed by atoms with van der Waals surface area (Å²) in [6, 6.07) is 27.2. The lowest BCUT2D eigenvalue weighted by Crippen LogP contribution is -2.05. The van der Waals surface area contributed by atoms with Gasteiger partial charge in [-0.05, 0) is 58.3 Å². The van der Waals surface area contributed by atoms with Crippen molar-refractivity contribution in [2.24, 2.45) is 0 Å². The van der Waals surface area contributed by atoms with E-state index in [4.69, 9.17) is 9.47 Å². The third kappa shape index (κ3) is 4.10. The van der Waals surface area contributed by atoms with E-state index in [-0.39, 0.29) is 5.78 Å². The molecule has 0 spiro atoms. The molecule has 4 aromatic rings. The van der Waals surface area contributed by atoms with Crippen molar-refractivity contribution in [3.05, 3.63) is 96.1 Å². The smallest absolute Gasteiger partial charge is 0.194 e. The third-order valence-electron chi connectivity index (χ3n) is 5.00. The van der Waals surface area contributed by atoms with Gasteiger partial charge in [-0.3, -0.25) is 4.79 Å². The standard InChI is InChI=1S/C26H21BrO3/c1-29-22-7-4-6-20(17-22)24-14-11-18-5-2-3-8-23(18)25(24)26(28)19-9-12-21(13-10-19)30-16-15-27/h2-14,17H,15-16H2,1H3. The first-order chi connectivity index (χ1) is 14.7. The molecule has 4 rings (SSSR count). The molecule has 0 saturated carbocycles. The van der Waals surface area contributed by atoms with E-state index in [1.807, 2.05) is 78.9 Å². The molecule has 30 heavy (non-hydrogen) atoms. The zero-order valence-corrected chi connectivity index (χ0v) is 18.2. The van der Waals surface area contributed by atoms with Crippen LogP contribution < -0.4 is 9.47 Å². The SMILES string of the molecule is COc1cccc(-c2ccc3ccccc3c2C(=O)c2ccc(OCCBr)cc2)c1. The molecule has 150 valence electrons. The number of methoxy groups -OCH3 is 1. The van der Waals surface area contributed by atoms with Crippen LogP contribution in [0.3, 0.4) is 0 Å². The highest BCUT2D eigenvalue weighted by Crippen LogP contribution is 2.34. The molecule has 0 fully saturated rings. The highest BCUT2D eigenvalue weighted by Gasteiger charge is 2.19. The molecule has 3 nitrogen and oxygen atoms in total. The lowest BCUT2D eigenvalue weighted by Gasteiger charge is -2.14. The summed E-state index contributed by atoms with van der Waals surface area (Å²) in [4.78, 5) is 13.7. The van der Waals surface area contributed by atoms with Crippen LogP contribution in [-0.2, 0) is 0 Å². The summed E-state index contributed by atoms with van der Waals surface area (Å²) in [6.07, 6.45) is 0. The summed E-state index contributed by atoms with van der Waals surface area (Å²) in [5.74, 6) is 1.49. The van der Waals surface area contributed by atoms with Gasteiger partial charge in [0, 0.05) is 16.5 Å². The predicted molar refractivity (Wildman–Crippen MR) is 125 cm³/mol. The van der Waals surface area contributed by atoms with Gasteiger partial charge in [-0.15, -0.1) is 0 Å². The second kappa shape index (κ2) is 9.14. The molecule has 4 aromatic carbocycles. The minimum absolute atomic E-state index is 0.0170. The Kier molecular flexibility index (Phi) is 6.15. The van der Waals surface area contributed by atoms with E-state index < -0.39 is 0 Å². The van der Waals surface area contributed by atoms with Crippen molar-refractivity contribution in [3.8, 4) is 22.6 Å². The van der Waals surface area contributed by atoms with Gasteiger partial charge in [0.15, 0.2) is 5.78 Å². The number of benzene rings is 4. The Morgan fingerprint density at radius 3 is 2.43 bits per heavy atom. The molecule has 4 heteroatoms. The maximum atomic E-state index is 13.7. The zero-order chi connectivity index (χ0) is 20.9. The number of fused-ring (bicyclic) bond motifs is 1. The molecule has 0 amide bonds. The van der Waals surface area contributed by atoms with Gasteiger partial charge in [0.05, 0.1) is 13.7 Å². The van der Waals surface area contributed by atoms with Crippen LogP contribution in [0.1, 0.15) is 15.9 Å². The Morgan fingerprint density at radius 2 is 1.67 bits per heavy atom. The number of ketones is 1. The highest BCUT2D eigenvalue weighted by atomic mass is 79.9. The molecule has 0 bridgehead atoms. The number of rotatable bonds is 7. The van der Waals surface area contributed by atoms with Gasteiger partial charge < -0.3 is 9.47 Å². The van der Waals surface area contributed by atoms with Crippen molar-refractivity contribution in [2.75, 3.05) is 19.0 Å². The number of hydrogen-bond donors (Lipinski definition) is 0. The van der Waals surface area contributed by atoms with Gasteiger partial charge in [-0.2, -0.15) is 0 Å². The van der Waals surface area contributed by atoms with Crippen molar-refractivity contribution < 1.29 is 14.3 Å². The number of halogens is 1. The summed E-state index contributed by atoms with van der Waals surface area (Å²) < 4.78 is 11.0. The van der Waals surface area contributed by atoms with Crippen LogP contribution in [0, 0.1) is 0 Å². The lowest BCUT2D eigenvalue weighted by molar-refractivity contribution is 0.104. The number of alkyl halides is 1. The highest BCUT2D eigenvalue weighted by molar-refractivity contribution is 9.09. The maximum Gasteiger partial charge on any atom is 0.194 e. The average molecular weight is 461 g/mol. The van der Waals surface area contributed by atoms with E-state index in [2.05, 4.69) is 22.0 Å². The summed E-state index contributed by atoms with van der Waals surface area (Å²) in [6.45, 7) is 0.580. The quantitative estimate of drug-likeness (QED) is 0.232. The fourth-order valence-electron chi connectivity index (χ4n) is 3.55. The Labute approximate surface area is 184 Å². The predicted octanol–water partition coefficient (Wildman–Crippen LogP) is 6.52. The van der Waals surface area contributed by atoms with Crippen LogP contribution in [-0.4, -0.2) is 24.8 Å². The van der Waals surface area contributed by atoms with E-state index in [0.717, 1.165) is 38.7 Å². The third-order valence-corrected chi connectivity index (χ3v) is 5.32. The topological polar surface area (TPSA) is 35.5 Å². The molecular formula is C26H21BrO3. The first-order valence-electron chi connectivity index (χ1n) is 9.71. The maximum absolute atomic E-state index is 13.7. The molecule has 0 aliphatic rings. The fourth-order valence-corrected chi connectivity index (χ4v) is 3.71. The molecular weight excluding hydrogens is 440 g/mol. The van der Waals surface area contributed by atoms with E-state index in [0.29, 0.717) is 17.7 Å². The van der Waals surface area contributed by atoms with Crippen LogP contribution in [0.2, 0.25) is 0 Å². The largest absolute Gasteiger partial charge is 0.497 e. The summed E-state index contributed by atoms with van der Waals surface area (Å²) in [5, 5.41) is 2.72. The average Bonchev–Trinajstić information content (AvgIpc) is 2.82. The number of carbonyl (C=O) groups is 1. The van der Waals surface area contributed by atoms with Crippen molar-refractivity contribution in [2.45, 2.75) is 0 Å². The van der Waals surface area contributed by atoms with Gasteiger partial charge in [0.2, 0.25) is 0 Å². The van der Waals surface area contributed by atoms with Crippen LogP contribution in [0.15, 0.2) is 84.9 Å². The van der Waals surface area contributed by atoms with Gasteiger partial charge >= 0.3 is 0 Å². The summed E-state index contributed by atoms with van der Waals surface area (Å²) >= 11 is 3.35. The molecule has 0 aliphatic carbocycles. The molecule has 0 unspecified atom stereocenters. The molecule has 0 radical (unpaired) electrons. The van der Waals surface area contributed by atoms with Gasteiger partial charge in [-0.1, -0.05) is 64.5 Å². The van der Waals surface area contributed by atoms with Crippen LogP contribution in [0.5, 0.6) is 11.5 Å². The minimum atomic E-state index is -0.0170. The molecule has 0 N–H and O–H groups in total. The molecule has 0 atom stereocenters. The summed E-state index contributed by atoms with van der Waals surface area (Å²) in [7, 11) is 1.64. The van der Waals surface area contributed by atoms with E-state index in [1.54, 1.807) is 7.11 Å². The minimum Gasteiger partial charge on any atom is -0.497 e.